The Labute approximate surface area is 203 Å². The van der Waals surface area contributed by atoms with E-state index in [2.05, 4.69) is 0 Å². The van der Waals surface area contributed by atoms with Crippen molar-refractivity contribution in [2.24, 2.45) is 0 Å². The van der Waals surface area contributed by atoms with Crippen LogP contribution in [0.3, 0.4) is 0 Å². The van der Waals surface area contributed by atoms with Gasteiger partial charge in [0, 0.05) is 21.7 Å². The lowest BCUT2D eigenvalue weighted by atomic mass is 10.1. The van der Waals surface area contributed by atoms with Crippen molar-refractivity contribution in [3.63, 3.8) is 0 Å². The molecule has 0 saturated heterocycles. The van der Waals surface area contributed by atoms with E-state index in [9.17, 15) is 9.59 Å². The lowest BCUT2D eigenvalue weighted by Crippen LogP contribution is -2.13. The first kappa shape index (κ1) is 24.9. The normalized spacial score (nSPS) is 10.4. The SMILES string of the molecule is CCc1cc(C(=O)O)ccc1OC.COc1ccc2c(c1)cc(C)n2C(=O)c1ccc(Cl)cc1. The van der Waals surface area contributed by atoms with Gasteiger partial charge in [0.2, 0.25) is 0 Å². The quantitative estimate of drug-likeness (QED) is 0.365. The van der Waals surface area contributed by atoms with Crippen LogP contribution in [0, 0.1) is 6.92 Å². The molecule has 3 aromatic carbocycles. The number of carboxylic acid groups (broad SMARTS) is 1. The molecule has 0 atom stereocenters. The van der Waals surface area contributed by atoms with Gasteiger partial charge >= 0.3 is 5.97 Å². The van der Waals surface area contributed by atoms with E-state index in [-0.39, 0.29) is 5.91 Å². The van der Waals surface area contributed by atoms with E-state index in [1.165, 1.54) is 0 Å². The number of hydrogen-bond donors (Lipinski definition) is 1. The van der Waals surface area contributed by atoms with Crippen molar-refractivity contribution in [3.05, 3.63) is 94.1 Å². The van der Waals surface area contributed by atoms with Crippen molar-refractivity contribution in [1.82, 2.24) is 4.57 Å². The third-order valence-electron chi connectivity index (χ3n) is 5.40. The Bertz CT molecular complexity index is 1330. The highest BCUT2D eigenvalue weighted by atomic mass is 35.5. The molecule has 6 nitrogen and oxygen atoms in total. The van der Waals surface area contributed by atoms with E-state index in [1.807, 2.05) is 38.1 Å². The molecule has 0 radical (unpaired) electrons. The minimum Gasteiger partial charge on any atom is -0.497 e. The molecule has 0 spiro atoms. The summed E-state index contributed by atoms with van der Waals surface area (Å²) in [5.74, 6) is 0.549. The van der Waals surface area contributed by atoms with Crippen LogP contribution < -0.4 is 9.47 Å². The van der Waals surface area contributed by atoms with Crippen molar-refractivity contribution in [2.75, 3.05) is 14.2 Å². The predicted octanol–water partition coefficient (Wildman–Crippen LogP) is 6.26. The zero-order valence-electron chi connectivity index (χ0n) is 19.5. The Morgan fingerprint density at radius 2 is 1.59 bits per heavy atom. The molecule has 0 bridgehead atoms. The van der Waals surface area contributed by atoms with E-state index in [1.54, 1.807) is 61.3 Å². The molecule has 0 unspecified atom stereocenters. The number of carbonyl (C=O) groups is 2. The zero-order chi connectivity index (χ0) is 24.8. The van der Waals surface area contributed by atoms with Gasteiger partial charge in [-0.25, -0.2) is 4.79 Å². The molecule has 0 aliphatic carbocycles. The maximum atomic E-state index is 12.7. The van der Waals surface area contributed by atoms with Crippen LogP contribution in [0.15, 0.2) is 66.7 Å². The number of benzene rings is 3. The fraction of sp³-hybridized carbons (Fsp3) is 0.185. The van der Waals surface area contributed by atoms with Crippen LogP contribution in [0.2, 0.25) is 5.02 Å². The number of rotatable bonds is 5. The summed E-state index contributed by atoms with van der Waals surface area (Å²) in [6.07, 6.45) is 0.768. The minimum atomic E-state index is -0.905. The van der Waals surface area contributed by atoms with Crippen LogP contribution >= 0.6 is 11.6 Å². The lowest BCUT2D eigenvalue weighted by Gasteiger charge is -2.07. The predicted molar refractivity (Wildman–Crippen MR) is 134 cm³/mol. The molecule has 34 heavy (non-hydrogen) atoms. The van der Waals surface area contributed by atoms with Gasteiger partial charge in [-0.05, 0) is 85.6 Å². The second-order valence-corrected chi connectivity index (χ2v) is 7.98. The molecule has 176 valence electrons. The van der Waals surface area contributed by atoms with Crippen molar-refractivity contribution in [3.8, 4) is 11.5 Å². The molecule has 7 heteroatoms. The summed E-state index contributed by atoms with van der Waals surface area (Å²) >= 11 is 5.87. The number of aromatic carboxylic acids is 1. The maximum absolute atomic E-state index is 12.7. The second kappa shape index (κ2) is 10.9. The van der Waals surface area contributed by atoms with Gasteiger partial charge in [-0.1, -0.05) is 18.5 Å². The molecule has 0 saturated carbocycles. The monoisotopic (exact) mass is 479 g/mol. The number of ether oxygens (including phenoxy) is 2. The van der Waals surface area contributed by atoms with Crippen LogP contribution in [-0.4, -0.2) is 35.8 Å². The first-order chi connectivity index (χ1) is 16.3. The standard InChI is InChI=1S/C17H14ClNO2.C10H12O3/c1-11-9-13-10-15(21-2)7-8-16(13)19(11)17(20)12-3-5-14(18)6-4-12;1-3-7-6-8(10(11)12)4-5-9(7)13-2/h3-10H,1-2H3;4-6H,3H2,1-2H3,(H,11,12). The largest absolute Gasteiger partial charge is 0.497 e. The molecular weight excluding hydrogens is 454 g/mol. The van der Waals surface area contributed by atoms with Gasteiger partial charge in [0.15, 0.2) is 0 Å². The molecule has 0 aliphatic heterocycles. The number of halogens is 1. The van der Waals surface area contributed by atoms with Gasteiger partial charge in [0.25, 0.3) is 5.91 Å². The molecule has 1 heterocycles. The van der Waals surface area contributed by atoms with Gasteiger partial charge in [-0.3, -0.25) is 9.36 Å². The molecule has 0 amide bonds. The third-order valence-corrected chi connectivity index (χ3v) is 5.65. The summed E-state index contributed by atoms with van der Waals surface area (Å²) in [6.45, 7) is 3.88. The Morgan fingerprint density at radius 3 is 2.18 bits per heavy atom. The molecule has 1 aromatic heterocycles. The first-order valence-electron chi connectivity index (χ1n) is 10.7. The van der Waals surface area contributed by atoms with E-state index in [0.717, 1.165) is 40.1 Å². The summed E-state index contributed by atoms with van der Waals surface area (Å²) in [6, 6.07) is 19.4. The average molecular weight is 480 g/mol. The number of hydrogen-bond acceptors (Lipinski definition) is 4. The molecule has 0 aliphatic rings. The van der Waals surface area contributed by atoms with Crippen LogP contribution in [-0.2, 0) is 6.42 Å². The second-order valence-electron chi connectivity index (χ2n) is 7.54. The van der Waals surface area contributed by atoms with Crippen LogP contribution in [0.1, 0.15) is 38.9 Å². The number of aryl methyl sites for hydroxylation is 2. The third kappa shape index (κ3) is 5.41. The van der Waals surface area contributed by atoms with Gasteiger partial charge in [0.05, 0.1) is 25.3 Å². The lowest BCUT2D eigenvalue weighted by molar-refractivity contribution is 0.0696. The Balaban J connectivity index is 0.000000215. The van der Waals surface area contributed by atoms with Crippen molar-refractivity contribution < 1.29 is 24.2 Å². The van der Waals surface area contributed by atoms with Crippen LogP contribution in [0.25, 0.3) is 10.9 Å². The number of carboxylic acids is 1. The summed E-state index contributed by atoms with van der Waals surface area (Å²) in [4.78, 5) is 23.3. The molecule has 0 fully saturated rings. The van der Waals surface area contributed by atoms with E-state index >= 15 is 0 Å². The summed E-state index contributed by atoms with van der Waals surface area (Å²) < 4.78 is 12.0. The van der Waals surface area contributed by atoms with Gasteiger partial charge < -0.3 is 14.6 Å². The first-order valence-corrected chi connectivity index (χ1v) is 11.0. The molecule has 4 aromatic rings. The minimum absolute atomic E-state index is 0.0654. The highest BCUT2D eigenvalue weighted by Gasteiger charge is 2.15. The van der Waals surface area contributed by atoms with Crippen LogP contribution in [0.4, 0.5) is 0 Å². The van der Waals surface area contributed by atoms with Gasteiger partial charge in [0.1, 0.15) is 11.5 Å². The fourth-order valence-electron chi connectivity index (χ4n) is 3.64. The zero-order valence-corrected chi connectivity index (χ0v) is 20.2. The van der Waals surface area contributed by atoms with Crippen molar-refractivity contribution in [2.45, 2.75) is 20.3 Å². The molecular formula is C27H26ClNO5. The smallest absolute Gasteiger partial charge is 0.335 e. The van der Waals surface area contributed by atoms with Crippen molar-refractivity contribution >= 4 is 34.4 Å². The number of nitrogens with zero attached hydrogens (tertiary/aromatic N) is 1. The summed E-state index contributed by atoms with van der Waals surface area (Å²) in [5, 5.41) is 10.3. The van der Waals surface area contributed by atoms with Gasteiger partial charge in [-0.2, -0.15) is 0 Å². The number of fused-ring (bicyclic) bond motifs is 1. The van der Waals surface area contributed by atoms with Crippen LogP contribution in [0.5, 0.6) is 11.5 Å². The highest BCUT2D eigenvalue weighted by Crippen LogP contribution is 2.25. The Hall–Kier alpha value is -3.77. The topological polar surface area (TPSA) is 77.8 Å². The number of aromatic nitrogens is 1. The summed E-state index contributed by atoms with van der Waals surface area (Å²) in [5.41, 5.74) is 3.59. The van der Waals surface area contributed by atoms with E-state index in [4.69, 9.17) is 26.2 Å². The number of carbonyl (C=O) groups excluding carboxylic acids is 1. The Morgan fingerprint density at radius 1 is 0.912 bits per heavy atom. The Kier molecular flexibility index (Phi) is 7.97. The maximum Gasteiger partial charge on any atom is 0.335 e. The van der Waals surface area contributed by atoms with Gasteiger partial charge in [-0.15, -0.1) is 0 Å². The van der Waals surface area contributed by atoms with E-state index in [0.29, 0.717) is 16.1 Å². The average Bonchev–Trinajstić information content (AvgIpc) is 3.18. The molecule has 4 rings (SSSR count). The fourth-order valence-corrected chi connectivity index (χ4v) is 3.76. The molecule has 1 N–H and O–H groups in total. The highest BCUT2D eigenvalue weighted by molar-refractivity contribution is 6.30. The van der Waals surface area contributed by atoms with Crippen molar-refractivity contribution in [1.29, 1.82) is 0 Å². The summed E-state index contributed by atoms with van der Waals surface area (Å²) in [7, 11) is 3.21. The number of methoxy groups -OCH3 is 2. The van der Waals surface area contributed by atoms with E-state index < -0.39 is 5.97 Å².